The summed E-state index contributed by atoms with van der Waals surface area (Å²) < 4.78 is 28.1. The summed E-state index contributed by atoms with van der Waals surface area (Å²) in [6.45, 7) is 3.34. The first-order valence-electron chi connectivity index (χ1n) is 7.73. The highest BCUT2D eigenvalue weighted by atomic mass is 32.2. The molecule has 0 atom stereocenters. The van der Waals surface area contributed by atoms with E-state index in [4.69, 9.17) is 0 Å². The second-order valence-electron chi connectivity index (χ2n) is 5.91. The summed E-state index contributed by atoms with van der Waals surface area (Å²) in [7, 11) is -3.69. The second-order valence-corrected chi connectivity index (χ2v) is 7.81. The van der Waals surface area contributed by atoms with Crippen LogP contribution in [0, 0.1) is 6.92 Å². The molecule has 1 aliphatic heterocycles. The minimum atomic E-state index is -3.69. The van der Waals surface area contributed by atoms with Gasteiger partial charge in [-0.3, -0.25) is 4.79 Å². The van der Waals surface area contributed by atoms with Gasteiger partial charge in [0.25, 0.3) is 5.56 Å². The number of hydrogen-bond donors (Lipinski definition) is 0. The molecule has 2 heterocycles. The van der Waals surface area contributed by atoms with Crippen LogP contribution in [-0.2, 0) is 16.6 Å². The molecule has 1 aromatic heterocycles. The Kier molecular flexibility index (Phi) is 4.37. The molecule has 2 aromatic rings. The Labute approximate surface area is 136 Å². The van der Waals surface area contributed by atoms with Crippen molar-refractivity contribution in [1.82, 2.24) is 8.87 Å². The van der Waals surface area contributed by atoms with Gasteiger partial charge < -0.3 is 4.57 Å². The predicted octanol–water partition coefficient (Wildman–Crippen LogP) is 1.99. The SMILES string of the molecule is Cc1cccc(Cn2cccc(S(=O)(=O)N3CCCC3)c2=O)c1. The third-order valence-corrected chi connectivity index (χ3v) is 6.02. The quantitative estimate of drug-likeness (QED) is 0.860. The minimum absolute atomic E-state index is 0.130. The first kappa shape index (κ1) is 16.0. The fourth-order valence-corrected chi connectivity index (χ4v) is 4.52. The lowest BCUT2D eigenvalue weighted by molar-refractivity contribution is 0.475. The number of benzene rings is 1. The van der Waals surface area contributed by atoms with Crippen LogP contribution in [0.15, 0.2) is 52.3 Å². The molecule has 23 heavy (non-hydrogen) atoms. The number of aryl methyl sites for hydroxylation is 1. The van der Waals surface area contributed by atoms with Crippen molar-refractivity contribution >= 4 is 10.0 Å². The molecule has 0 aliphatic carbocycles. The molecule has 3 rings (SSSR count). The molecule has 122 valence electrons. The number of nitrogens with zero attached hydrogens (tertiary/aromatic N) is 2. The van der Waals surface area contributed by atoms with Gasteiger partial charge in [0, 0.05) is 19.3 Å². The second kappa shape index (κ2) is 6.29. The summed E-state index contributed by atoms with van der Waals surface area (Å²) >= 11 is 0. The summed E-state index contributed by atoms with van der Waals surface area (Å²) in [5.74, 6) is 0. The van der Waals surface area contributed by atoms with Crippen molar-refractivity contribution in [2.24, 2.45) is 0 Å². The third kappa shape index (κ3) is 3.23. The smallest absolute Gasteiger partial charge is 0.271 e. The molecule has 0 spiro atoms. The van der Waals surface area contributed by atoms with Crippen LogP contribution >= 0.6 is 0 Å². The van der Waals surface area contributed by atoms with Crippen molar-refractivity contribution in [3.63, 3.8) is 0 Å². The van der Waals surface area contributed by atoms with E-state index >= 15 is 0 Å². The van der Waals surface area contributed by atoms with Gasteiger partial charge in [0.1, 0.15) is 4.90 Å². The number of aromatic nitrogens is 1. The van der Waals surface area contributed by atoms with E-state index < -0.39 is 15.6 Å². The highest BCUT2D eigenvalue weighted by Gasteiger charge is 2.29. The van der Waals surface area contributed by atoms with E-state index in [-0.39, 0.29) is 4.90 Å². The van der Waals surface area contributed by atoms with Crippen molar-refractivity contribution in [2.75, 3.05) is 13.1 Å². The molecule has 0 amide bonds. The Bertz CT molecular complexity index is 865. The van der Waals surface area contributed by atoms with Gasteiger partial charge in [0.15, 0.2) is 0 Å². The highest BCUT2D eigenvalue weighted by Crippen LogP contribution is 2.18. The molecule has 0 unspecified atom stereocenters. The maximum Gasteiger partial charge on any atom is 0.271 e. The Morgan fingerprint density at radius 3 is 2.52 bits per heavy atom. The van der Waals surface area contributed by atoms with E-state index in [0.717, 1.165) is 24.0 Å². The fraction of sp³-hybridized carbons (Fsp3) is 0.353. The third-order valence-electron chi connectivity index (χ3n) is 4.10. The largest absolute Gasteiger partial charge is 0.310 e. The summed E-state index contributed by atoms with van der Waals surface area (Å²) in [5, 5.41) is 0. The lowest BCUT2D eigenvalue weighted by atomic mass is 10.1. The Morgan fingerprint density at radius 1 is 1.09 bits per heavy atom. The Morgan fingerprint density at radius 2 is 1.83 bits per heavy atom. The monoisotopic (exact) mass is 332 g/mol. The minimum Gasteiger partial charge on any atom is -0.310 e. The molecular formula is C17H20N2O3S. The summed E-state index contributed by atoms with van der Waals surface area (Å²) in [4.78, 5) is 12.5. The Hall–Kier alpha value is -1.92. The van der Waals surface area contributed by atoms with Crippen molar-refractivity contribution in [2.45, 2.75) is 31.2 Å². The first-order valence-corrected chi connectivity index (χ1v) is 9.17. The van der Waals surface area contributed by atoms with Gasteiger partial charge in [0.2, 0.25) is 10.0 Å². The van der Waals surface area contributed by atoms with Crippen molar-refractivity contribution in [3.05, 3.63) is 64.1 Å². The Balaban J connectivity index is 1.97. The van der Waals surface area contributed by atoms with Crippen LogP contribution in [0.1, 0.15) is 24.0 Å². The summed E-state index contributed by atoms with van der Waals surface area (Å²) in [6.07, 6.45) is 3.33. The molecule has 0 bridgehead atoms. The van der Waals surface area contributed by atoms with Crippen molar-refractivity contribution in [1.29, 1.82) is 0 Å². The van der Waals surface area contributed by atoms with E-state index in [1.54, 1.807) is 12.3 Å². The lowest BCUT2D eigenvalue weighted by Gasteiger charge is -2.16. The molecule has 1 aliphatic rings. The predicted molar refractivity (Wildman–Crippen MR) is 89.0 cm³/mol. The van der Waals surface area contributed by atoms with Gasteiger partial charge in [0.05, 0.1) is 6.54 Å². The maximum atomic E-state index is 12.6. The van der Waals surface area contributed by atoms with E-state index in [0.29, 0.717) is 19.6 Å². The molecule has 0 N–H and O–H groups in total. The van der Waals surface area contributed by atoms with Crippen molar-refractivity contribution in [3.8, 4) is 0 Å². The van der Waals surface area contributed by atoms with Crippen LogP contribution in [0.4, 0.5) is 0 Å². The molecule has 6 heteroatoms. The van der Waals surface area contributed by atoms with Crippen LogP contribution in [0.5, 0.6) is 0 Å². The van der Waals surface area contributed by atoms with Gasteiger partial charge in [-0.05, 0) is 37.5 Å². The number of hydrogen-bond acceptors (Lipinski definition) is 3. The summed E-state index contributed by atoms with van der Waals surface area (Å²) in [6, 6.07) is 10.9. The zero-order chi connectivity index (χ0) is 16.4. The standard InChI is InChI=1S/C17H20N2O3S/c1-14-6-4-7-15(12-14)13-18-9-5-8-16(17(18)20)23(21,22)19-10-2-3-11-19/h4-9,12H,2-3,10-11,13H2,1H3. The van der Waals surface area contributed by atoms with Gasteiger partial charge in [-0.25, -0.2) is 8.42 Å². The van der Waals surface area contributed by atoms with E-state index in [9.17, 15) is 13.2 Å². The topological polar surface area (TPSA) is 59.4 Å². The molecule has 1 saturated heterocycles. The van der Waals surface area contributed by atoms with E-state index in [1.807, 2.05) is 31.2 Å². The van der Waals surface area contributed by atoms with Crippen LogP contribution in [0.25, 0.3) is 0 Å². The summed E-state index contributed by atoms with van der Waals surface area (Å²) in [5.41, 5.74) is 1.63. The van der Waals surface area contributed by atoms with Gasteiger partial charge in [-0.15, -0.1) is 0 Å². The molecule has 0 radical (unpaired) electrons. The van der Waals surface area contributed by atoms with Gasteiger partial charge in [-0.2, -0.15) is 4.31 Å². The van der Waals surface area contributed by atoms with Crippen LogP contribution in [0.2, 0.25) is 0 Å². The van der Waals surface area contributed by atoms with Crippen LogP contribution < -0.4 is 5.56 Å². The van der Waals surface area contributed by atoms with Gasteiger partial charge in [-0.1, -0.05) is 29.8 Å². The average Bonchev–Trinajstić information content (AvgIpc) is 3.04. The zero-order valence-electron chi connectivity index (χ0n) is 13.1. The number of pyridine rings is 1. The molecule has 0 saturated carbocycles. The molecular weight excluding hydrogens is 312 g/mol. The molecule has 1 aromatic carbocycles. The van der Waals surface area contributed by atoms with Crippen LogP contribution in [-0.4, -0.2) is 30.4 Å². The molecule has 5 nitrogen and oxygen atoms in total. The zero-order valence-corrected chi connectivity index (χ0v) is 13.9. The van der Waals surface area contributed by atoms with Crippen LogP contribution in [0.3, 0.4) is 0 Å². The van der Waals surface area contributed by atoms with Gasteiger partial charge >= 0.3 is 0 Å². The number of sulfonamides is 1. The van der Waals surface area contributed by atoms with E-state index in [2.05, 4.69) is 0 Å². The normalized spacial score (nSPS) is 15.9. The first-order chi connectivity index (χ1) is 11.0. The highest BCUT2D eigenvalue weighted by molar-refractivity contribution is 7.89. The van der Waals surface area contributed by atoms with E-state index in [1.165, 1.54) is 14.9 Å². The van der Waals surface area contributed by atoms with Crippen molar-refractivity contribution < 1.29 is 8.42 Å². The maximum absolute atomic E-state index is 12.6. The average molecular weight is 332 g/mol. The fourth-order valence-electron chi connectivity index (χ4n) is 2.91. The lowest BCUT2D eigenvalue weighted by Crippen LogP contribution is -2.34. The number of rotatable bonds is 4. The molecule has 1 fully saturated rings.